The Morgan fingerprint density at radius 2 is 2.17 bits per heavy atom. The van der Waals surface area contributed by atoms with Crippen LogP contribution in [0.15, 0.2) is 16.5 Å². The Balaban J connectivity index is 1.99. The van der Waals surface area contributed by atoms with E-state index in [-0.39, 0.29) is 44.6 Å². The number of aliphatic hydroxyl groups excluding tert-OH is 1. The van der Waals surface area contributed by atoms with E-state index in [0.717, 1.165) is 5.76 Å². The Morgan fingerprint density at radius 1 is 1.43 bits per heavy atom. The summed E-state index contributed by atoms with van der Waals surface area (Å²) in [4.78, 5) is 27.1. The normalized spacial score (nSPS) is 19.2. The molecule has 1 aliphatic heterocycles. The first-order valence-corrected chi connectivity index (χ1v) is 7.78. The summed E-state index contributed by atoms with van der Waals surface area (Å²) in [6.45, 7) is 6.39. The lowest BCUT2D eigenvalue weighted by molar-refractivity contribution is -0.132. The molecule has 1 fully saturated rings. The number of aryl methyl sites for hydroxylation is 1. The molecule has 1 saturated heterocycles. The van der Waals surface area contributed by atoms with Crippen LogP contribution < -0.4 is 0 Å². The Kier molecular flexibility index (Phi) is 5.65. The van der Waals surface area contributed by atoms with Crippen LogP contribution in [0.2, 0.25) is 0 Å². The van der Waals surface area contributed by atoms with Crippen molar-refractivity contribution >= 4 is 12.0 Å². The van der Waals surface area contributed by atoms with E-state index in [9.17, 15) is 14.7 Å². The van der Waals surface area contributed by atoms with Crippen LogP contribution in [0.3, 0.4) is 0 Å². The molecule has 7 heteroatoms. The van der Waals surface area contributed by atoms with Gasteiger partial charge in [0.1, 0.15) is 18.1 Å². The van der Waals surface area contributed by atoms with Crippen molar-refractivity contribution in [3.63, 3.8) is 0 Å². The standard InChI is InChI=1S/C16H24N2O5/c1-11(2)10-22-16(21)18-7-13(19)6-17(15(20)9-18)8-14-5-4-12(3)23-14/h4-5,11,13,19H,6-10H2,1-3H3. The molecule has 0 radical (unpaired) electrons. The minimum atomic E-state index is -0.816. The average molecular weight is 324 g/mol. The zero-order valence-electron chi connectivity index (χ0n) is 13.8. The number of carbonyl (C=O) groups excluding carboxylic acids is 2. The zero-order valence-corrected chi connectivity index (χ0v) is 13.8. The third-order valence-electron chi connectivity index (χ3n) is 3.48. The summed E-state index contributed by atoms with van der Waals surface area (Å²) in [6.07, 6.45) is -1.38. The van der Waals surface area contributed by atoms with Gasteiger partial charge in [-0.1, -0.05) is 13.8 Å². The molecule has 7 nitrogen and oxygen atoms in total. The van der Waals surface area contributed by atoms with Gasteiger partial charge in [0, 0.05) is 6.54 Å². The fraction of sp³-hybridized carbons (Fsp3) is 0.625. The maximum absolute atomic E-state index is 12.3. The summed E-state index contributed by atoms with van der Waals surface area (Å²) in [5.74, 6) is 1.39. The topological polar surface area (TPSA) is 83.2 Å². The maximum atomic E-state index is 12.3. The van der Waals surface area contributed by atoms with E-state index in [4.69, 9.17) is 9.15 Å². The summed E-state index contributed by atoms with van der Waals surface area (Å²) in [5, 5.41) is 10.1. The lowest BCUT2D eigenvalue weighted by Crippen LogP contribution is -2.40. The van der Waals surface area contributed by atoms with Gasteiger partial charge >= 0.3 is 6.09 Å². The molecule has 0 aromatic carbocycles. The number of carbonyl (C=O) groups is 2. The lowest BCUT2D eigenvalue weighted by atomic mass is 10.2. The number of hydrogen-bond acceptors (Lipinski definition) is 5. The van der Waals surface area contributed by atoms with Crippen molar-refractivity contribution in [2.75, 3.05) is 26.2 Å². The highest BCUT2D eigenvalue weighted by molar-refractivity contribution is 5.82. The predicted octanol–water partition coefficient (Wildman–Crippen LogP) is 1.39. The van der Waals surface area contributed by atoms with Gasteiger partial charge in [0.25, 0.3) is 0 Å². The number of amides is 2. The molecule has 23 heavy (non-hydrogen) atoms. The van der Waals surface area contributed by atoms with Gasteiger partial charge in [-0.2, -0.15) is 0 Å². The van der Waals surface area contributed by atoms with E-state index in [1.54, 1.807) is 6.07 Å². The number of β-amino-alcohol motifs (C(OH)–C–C–N with tert-alkyl or cyclic N) is 1. The number of aliphatic hydroxyl groups is 1. The minimum absolute atomic E-state index is 0.0797. The highest BCUT2D eigenvalue weighted by Gasteiger charge is 2.30. The first-order valence-electron chi connectivity index (χ1n) is 7.78. The van der Waals surface area contributed by atoms with Crippen LogP contribution in [-0.2, 0) is 16.1 Å². The molecule has 0 bridgehead atoms. The van der Waals surface area contributed by atoms with E-state index in [0.29, 0.717) is 5.76 Å². The molecular weight excluding hydrogens is 300 g/mol. The number of ether oxygens (including phenoxy) is 1. The second-order valence-corrected chi connectivity index (χ2v) is 6.29. The third kappa shape index (κ3) is 4.99. The Morgan fingerprint density at radius 3 is 2.78 bits per heavy atom. The predicted molar refractivity (Wildman–Crippen MR) is 82.6 cm³/mol. The van der Waals surface area contributed by atoms with Crippen molar-refractivity contribution in [3.05, 3.63) is 23.7 Å². The SMILES string of the molecule is Cc1ccc(CN2CC(O)CN(C(=O)OCC(C)C)CC2=O)o1. The molecule has 0 saturated carbocycles. The minimum Gasteiger partial charge on any atom is -0.464 e. The van der Waals surface area contributed by atoms with Crippen molar-refractivity contribution in [2.24, 2.45) is 5.92 Å². The number of hydrogen-bond donors (Lipinski definition) is 1. The van der Waals surface area contributed by atoms with Crippen LogP contribution in [0.5, 0.6) is 0 Å². The van der Waals surface area contributed by atoms with Crippen molar-refractivity contribution in [1.82, 2.24) is 9.80 Å². The Labute approximate surface area is 135 Å². The van der Waals surface area contributed by atoms with E-state index in [1.807, 2.05) is 26.8 Å². The summed E-state index contributed by atoms with van der Waals surface area (Å²) in [7, 11) is 0. The molecule has 1 aromatic rings. The third-order valence-corrected chi connectivity index (χ3v) is 3.48. The highest BCUT2D eigenvalue weighted by atomic mass is 16.6. The first kappa shape index (κ1) is 17.3. The molecule has 1 unspecified atom stereocenters. The molecule has 2 rings (SSSR count). The summed E-state index contributed by atoms with van der Waals surface area (Å²) in [5.41, 5.74) is 0. The van der Waals surface area contributed by atoms with E-state index in [1.165, 1.54) is 9.80 Å². The monoisotopic (exact) mass is 324 g/mol. The maximum Gasteiger partial charge on any atom is 0.410 e. The first-order chi connectivity index (χ1) is 10.8. The van der Waals surface area contributed by atoms with Crippen molar-refractivity contribution in [3.8, 4) is 0 Å². The van der Waals surface area contributed by atoms with Gasteiger partial charge in [-0.25, -0.2) is 4.79 Å². The largest absolute Gasteiger partial charge is 0.464 e. The lowest BCUT2D eigenvalue weighted by Gasteiger charge is -2.21. The van der Waals surface area contributed by atoms with Crippen LogP contribution in [0.1, 0.15) is 25.4 Å². The number of rotatable bonds is 4. The van der Waals surface area contributed by atoms with Gasteiger partial charge < -0.3 is 19.2 Å². The van der Waals surface area contributed by atoms with Gasteiger partial charge in [0.05, 0.1) is 25.8 Å². The average Bonchev–Trinajstić information content (AvgIpc) is 2.81. The van der Waals surface area contributed by atoms with Gasteiger partial charge in [0.2, 0.25) is 5.91 Å². The van der Waals surface area contributed by atoms with Crippen LogP contribution in [0.25, 0.3) is 0 Å². The quantitative estimate of drug-likeness (QED) is 0.905. The molecule has 1 aliphatic rings. The summed E-state index contributed by atoms with van der Waals surface area (Å²) in [6, 6.07) is 3.62. The molecule has 2 amide bonds. The fourth-order valence-corrected chi connectivity index (χ4v) is 2.38. The van der Waals surface area contributed by atoms with E-state index >= 15 is 0 Å². The highest BCUT2D eigenvalue weighted by Crippen LogP contribution is 2.14. The van der Waals surface area contributed by atoms with Crippen LogP contribution >= 0.6 is 0 Å². The van der Waals surface area contributed by atoms with Gasteiger partial charge in [-0.05, 0) is 25.0 Å². The molecular formula is C16H24N2O5. The summed E-state index contributed by atoms with van der Waals surface area (Å²) < 4.78 is 10.6. The second kappa shape index (κ2) is 7.50. The number of furan rings is 1. The Hall–Kier alpha value is -2.02. The van der Waals surface area contributed by atoms with Crippen LogP contribution in [0.4, 0.5) is 4.79 Å². The molecule has 128 valence electrons. The smallest absolute Gasteiger partial charge is 0.410 e. The van der Waals surface area contributed by atoms with Crippen LogP contribution in [-0.4, -0.2) is 59.3 Å². The van der Waals surface area contributed by atoms with Crippen molar-refractivity contribution in [2.45, 2.75) is 33.4 Å². The van der Waals surface area contributed by atoms with Gasteiger partial charge in [-0.3, -0.25) is 9.69 Å². The van der Waals surface area contributed by atoms with Gasteiger partial charge in [0.15, 0.2) is 0 Å². The fourth-order valence-electron chi connectivity index (χ4n) is 2.38. The number of nitrogens with zero attached hydrogens (tertiary/aromatic N) is 2. The molecule has 0 aliphatic carbocycles. The Bertz CT molecular complexity index is 554. The van der Waals surface area contributed by atoms with Crippen molar-refractivity contribution < 1.29 is 23.8 Å². The molecule has 2 heterocycles. The van der Waals surface area contributed by atoms with E-state index in [2.05, 4.69) is 0 Å². The summed E-state index contributed by atoms with van der Waals surface area (Å²) >= 11 is 0. The van der Waals surface area contributed by atoms with Crippen molar-refractivity contribution in [1.29, 1.82) is 0 Å². The molecule has 1 aromatic heterocycles. The van der Waals surface area contributed by atoms with Crippen LogP contribution in [0, 0.1) is 12.8 Å². The molecule has 1 N–H and O–H groups in total. The van der Waals surface area contributed by atoms with Gasteiger partial charge in [-0.15, -0.1) is 0 Å². The second-order valence-electron chi connectivity index (χ2n) is 6.29. The zero-order chi connectivity index (χ0) is 17.0. The molecule has 0 spiro atoms. The molecule has 1 atom stereocenters. The van der Waals surface area contributed by atoms with E-state index < -0.39 is 12.2 Å².